The lowest BCUT2D eigenvalue weighted by Gasteiger charge is -2.42. The predicted molar refractivity (Wildman–Crippen MR) is 71.7 cm³/mol. The zero-order chi connectivity index (χ0) is 11.5. The molecule has 3 saturated carbocycles. The van der Waals surface area contributed by atoms with Gasteiger partial charge >= 0.3 is 0 Å². The first-order valence-corrected chi connectivity index (χ1v) is 7.16. The number of rotatable bonds is 4. The van der Waals surface area contributed by atoms with Crippen LogP contribution in [-0.4, -0.2) is 6.54 Å². The van der Waals surface area contributed by atoms with Gasteiger partial charge in [0.25, 0.3) is 0 Å². The van der Waals surface area contributed by atoms with Crippen molar-refractivity contribution >= 4 is 0 Å². The van der Waals surface area contributed by atoms with Gasteiger partial charge in [-0.15, -0.1) is 0 Å². The summed E-state index contributed by atoms with van der Waals surface area (Å²) < 4.78 is 0. The van der Waals surface area contributed by atoms with Crippen molar-refractivity contribution < 1.29 is 0 Å². The molecular weight excluding hydrogens is 206 g/mol. The molecule has 0 saturated heterocycles. The van der Waals surface area contributed by atoms with E-state index in [0.717, 1.165) is 24.3 Å². The smallest absolute Gasteiger partial charge is 0.0205 e. The van der Waals surface area contributed by atoms with Gasteiger partial charge in [0.15, 0.2) is 0 Å². The van der Waals surface area contributed by atoms with E-state index < -0.39 is 0 Å². The van der Waals surface area contributed by atoms with Crippen LogP contribution in [0.5, 0.6) is 0 Å². The summed E-state index contributed by atoms with van der Waals surface area (Å²) >= 11 is 0. The molecule has 0 heterocycles. The summed E-state index contributed by atoms with van der Waals surface area (Å²) in [7, 11) is 0. The van der Waals surface area contributed by atoms with Gasteiger partial charge in [0, 0.05) is 6.54 Å². The molecule has 3 fully saturated rings. The Morgan fingerprint density at radius 3 is 2.41 bits per heavy atom. The van der Waals surface area contributed by atoms with Crippen LogP contribution >= 0.6 is 0 Å². The summed E-state index contributed by atoms with van der Waals surface area (Å²) in [6, 6.07) is 10.8. The fourth-order valence-corrected chi connectivity index (χ4v) is 3.76. The van der Waals surface area contributed by atoms with Crippen molar-refractivity contribution in [3.63, 3.8) is 0 Å². The average molecular weight is 229 g/mol. The van der Waals surface area contributed by atoms with Crippen LogP contribution in [0.1, 0.15) is 37.7 Å². The van der Waals surface area contributed by atoms with Crippen LogP contribution in [0, 0.1) is 17.8 Å². The van der Waals surface area contributed by atoms with Crippen molar-refractivity contribution in [2.24, 2.45) is 17.8 Å². The Morgan fingerprint density at radius 1 is 1.00 bits per heavy atom. The molecule has 4 rings (SSSR count). The molecule has 17 heavy (non-hydrogen) atoms. The molecular formula is C16H23N. The van der Waals surface area contributed by atoms with Gasteiger partial charge in [-0.25, -0.2) is 0 Å². The van der Waals surface area contributed by atoms with Crippen molar-refractivity contribution in [2.75, 3.05) is 6.54 Å². The van der Waals surface area contributed by atoms with Gasteiger partial charge in [0.2, 0.25) is 0 Å². The van der Waals surface area contributed by atoms with Crippen LogP contribution in [0.3, 0.4) is 0 Å². The van der Waals surface area contributed by atoms with E-state index in [2.05, 4.69) is 35.6 Å². The highest BCUT2D eigenvalue weighted by Crippen LogP contribution is 2.44. The maximum Gasteiger partial charge on any atom is 0.0205 e. The van der Waals surface area contributed by atoms with Gasteiger partial charge in [0.1, 0.15) is 0 Å². The molecule has 1 aromatic carbocycles. The van der Waals surface area contributed by atoms with Crippen LogP contribution < -0.4 is 5.32 Å². The standard InChI is InChI=1S/C16H23N/c1-2-4-14(5-3-1)11-17-12-16-10-13-6-8-15(16)9-7-13/h1-5,13,15-17H,6-12H2. The first-order chi connectivity index (χ1) is 8.42. The minimum Gasteiger partial charge on any atom is -0.312 e. The number of hydrogen-bond donors (Lipinski definition) is 1. The Hall–Kier alpha value is -0.820. The summed E-state index contributed by atoms with van der Waals surface area (Å²) in [6.07, 6.45) is 7.52. The van der Waals surface area contributed by atoms with Crippen molar-refractivity contribution in [1.82, 2.24) is 5.32 Å². The Morgan fingerprint density at radius 2 is 1.76 bits per heavy atom. The second-order valence-corrected chi connectivity index (χ2v) is 5.89. The topological polar surface area (TPSA) is 12.0 Å². The van der Waals surface area contributed by atoms with E-state index in [1.807, 2.05) is 0 Å². The first kappa shape index (κ1) is 11.3. The Kier molecular flexibility index (Phi) is 3.46. The minimum absolute atomic E-state index is 0.964. The van der Waals surface area contributed by atoms with Crippen molar-refractivity contribution in [3.8, 4) is 0 Å². The summed E-state index contributed by atoms with van der Waals surface area (Å²) in [5.41, 5.74) is 1.41. The minimum atomic E-state index is 0.964. The van der Waals surface area contributed by atoms with Gasteiger partial charge in [-0.2, -0.15) is 0 Å². The van der Waals surface area contributed by atoms with Crippen LogP contribution in [0.4, 0.5) is 0 Å². The largest absolute Gasteiger partial charge is 0.312 e. The highest BCUT2D eigenvalue weighted by Gasteiger charge is 2.34. The fraction of sp³-hybridized carbons (Fsp3) is 0.625. The third-order valence-corrected chi connectivity index (χ3v) is 4.77. The maximum absolute atomic E-state index is 3.66. The molecule has 0 aliphatic heterocycles. The summed E-state index contributed by atoms with van der Waals surface area (Å²) in [5, 5.41) is 3.66. The number of hydrogen-bond acceptors (Lipinski definition) is 1. The molecule has 3 aliphatic rings. The molecule has 1 N–H and O–H groups in total. The van der Waals surface area contributed by atoms with E-state index in [1.54, 1.807) is 0 Å². The maximum atomic E-state index is 3.66. The van der Waals surface area contributed by atoms with Crippen molar-refractivity contribution in [3.05, 3.63) is 35.9 Å². The molecule has 1 aromatic rings. The summed E-state index contributed by atoms with van der Waals surface area (Å²) in [6.45, 7) is 2.27. The highest BCUT2D eigenvalue weighted by atomic mass is 14.9. The van der Waals surface area contributed by atoms with Crippen molar-refractivity contribution in [1.29, 1.82) is 0 Å². The number of nitrogens with one attached hydrogen (secondary N) is 1. The highest BCUT2D eigenvalue weighted by molar-refractivity contribution is 5.14. The molecule has 1 heteroatoms. The summed E-state index contributed by atoms with van der Waals surface area (Å²) in [5.74, 6) is 3.05. The summed E-state index contributed by atoms with van der Waals surface area (Å²) in [4.78, 5) is 0. The zero-order valence-electron chi connectivity index (χ0n) is 10.6. The van der Waals surface area contributed by atoms with E-state index in [4.69, 9.17) is 0 Å². The monoisotopic (exact) mass is 229 g/mol. The molecule has 1 unspecified atom stereocenters. The van der Waals surface area contributed by atoms with Crippen LogP contribution in [0.25, 0.3) is 0 Å². The second-order valence-electron chi connectivity index (χ2n) is 5.89. The lowest BCUT2D eigenvalue weighted by molar-refractivity contribution is 0.0980. The van der Waals surface area contributed by atoms with E-state index in [-0.39, 0.29) is 0 Å². The third-order valence-electron chi connectivity index (χ3n) is 4.77. The molecule has 0 amide bonds. The van der Waals surface area contributed by atoms with Gasteiger partial charge < -0.3 is 5.32 Å². The molecule has 3 aliphatic carbocycles. The normalized spacial score (nSPS) is 31.6. The SMILES string of the molecule is c1ccc(CNCC2CC3CCC2CC3)cc1. The quantitative estimate of drug-likeness (QED) is 0.831. The van der Waals surface area contributed by atoms with E-state index >= 15 is 0 Å². The molecule has 1 atom stereocenters. The second kappa shape index (κ2) is 5.22. The number of fused-ring (bicyclic) bond motifs is 3. The van der Waals surface area contributed by atoms with Crippen molar-refractivity contribution in [2.45, 2.75) is 38.6 Å². The molecule has 2 bridgehead atoms. The van der Waals surface area contributed by atoms with Crippen LogP contribution in [-0.2, 0) is 6.54 Å². The van der Waals surface area contributed by atoms with Gasteiger partial charge in [-0.1, -0.05) is 43.2 Å². The predicted octanol–water partition coefficient (Wildman–Crippen LogP) is 3.60. The number of benzene rings is 1. The van der Waals surface area contributed by atoms with Gasteiger partial charge in [-0.3, -0.25) is 0 Å². The van der Waals surface area contributed by atoms with Gasteiger partial charge in [0.05, 0.1) is 0 Å². The molecule has 0 aromatic heterocycles. The molecule has 92 valence electrons. The first-order valence-electron chi connectivity index (χ1n) is 7.16. The Balaban J connectivity index is 1.46. The Labute approximate surface area is 105 Å². The molecule has 1 nitrogen and oxygen atoms in total. The van der Waals surface area contributed by atoms with Crippen LogP contribution in [0.15, 0.2) is 30.3 Å². The third kappa shape index (κ3) is 2.71. The molecule has 0 radical (unpaired) electrons. The van der Waals surface area contributed by atoms with E-state index in [1.165, 1.54) is 44.2 Å². The lowest BCUT2D eigenvalue weighted by Crippen LogP contribution is -2.37. The lowest BCUT2D eigenvalue weighted by atomic mass is 9.65. The molecule has 0 spiro atoms. The van der Waals surface area contributed by atoms with Gasteiger partial charge in [-0.05, 0) is 49.1 Å². The average Bonchev–Trinajstić information content (AvgIpc) is 2.41. The Bertz CT molecular complexity index is 338. The zero-order valence-corrected chi connectivity index (χ0v) is 10.6. The fourth-order valence-electron chi connectivity index (χ4n) is 3.76. The van der Waals surface area contributed by atoms with E-state index in [0.29, 0.717) is 0 Å². The van der Waals surface area contributed by atoms with Crippen LogP contribution in [0.2, 0.25) is 0 Å². The van der Waals surface area contributed by atoms with E-state index in [9.17, 15) is 0 Å².